The summed E-state index contributed by atoms with van der Waals surface area (Å²) < 4.78 is 18.3. The lowest BCUT2D eigenvalue weighted by Crippen LogP contribution is -2.00. The zero-order chi connectivity index (χ0) is 21.1. The van der Waals surface area contributed by atoms with Gasteiger partial charge in [0.1, 0.15) is 23.9 Å². The summed E-state index contributed by atoms with van der Waals surface area (Å²) in [5, 5.41) is 0. The standard InChI is InChI=1S/C25H21BrO4/c1-3-28-20-10-6-17(7-11-20)13-23-25(27)24-16(2)12-21(14-22(24)30-23)29-15-18-4-8-19(26)9-5-18/h4-14H,3,15H2,1-2H3/b23-13-. The van der Waals surface area contributed by atoms with Gasteiger partial charge in [0, 0.05) is 10.5 Å². The Bertz CT molecular complexity index is 1100. The Morgan fingerprint density at radius 3 is 2.40 bits per heavy atom. The Kier molecular flexibility index (Phi) is 5.91. The molecule has 5 heteroatoms. The number of ether oxygens (including phenoxy) is 3. The number of carbonyl (C=O) groups excluding carboxylic acids is 1. The summed E-state index contributed by atoms with van der Waals surface area (Å²) in [6.07, 6.45) is 1.75. The van der Waals surface area contributed by atoms with Crippen LogP contribution in [0.2, 0.25) is 0 Å². The second-order valence-corrected chi connectivity index (χ2v) is 7.89. The average Bonchev–Trinajstić information content (AvgIpc) is 3.05. The molecular weight excluding hydrogens is 444 g/mol. The number of rotatable bonds is 6. The summed E-state index contributed by atoms with van der Waals surface area (Å²) in [5.74, 6) is 2.19. The minimum Gasteiger partial charge on any atom is -0.494 e. The molecule has 1 aliphatic heterocycles. The van der Waals surface area contributed by atoms with E-state index in [0.717, 1.165) is 26.9 Å². The van der Waals surface area contributed by atoms with Crippen LogP contribution in [0, 0.1) is 6.92 Å². The molecule has 0 bridgehead atoms. The van der Waals surface area contributed by atoms with Crippen LogP contribution in [0.4, 0.5) is 0 Å². The molecular formula is C25H21BrO4. The van der Waals surface area contributed by atoms with E-state index in [4.69, 9.17) is 14.2 Å². The lowest BCUT2D eigenvalue weighted by molar-refractivity contribution is 0.101. The van der Waals surface area contributed by atoms with E-state index in [1.165, 1.54) is 0 Å². The van der Waals surface area contributed by atoms with Gasteiger partial charge in [0.15, 0.2) is 5.76 Å². The first kappa shape index (κ1) is 20.2. The molecule has 0 saturated carbocycles. The highest BCUT2D eigenvalue weighted by molar-refractivity contribution is 9.10. The van der Waals surface area contributed by atoms with Gasteiger partial charge in [-0.15, -0.1) is 0 Å². The number of hydrogen-bond donors (Lipinski definition) is 0. The maximum absolute atomic E-state index is 12.9. The molecule has 1 aliphatic rings. The number of aryl methyl sites for hydroxylation is 1. The van der Waals surface area contributed by atoms with E-state index in [-0.39, 0.29) is 5.78 Å². The predicted molar refractivity (Wildman–Crippen MR) is 120 cm³/mol. The number of carbonyl (C=O) groups is 1. The molecule has 0 amide bonds. The number of allylic oxidation sites excluding steroid dienone is 1. The molecule has 0 aliphatic carbocycles. The Labute approximate surface area is 184 Å². The third-order valence-electron chi connectivity index (χ3n) is 4.75. The van der Waals surface area contributed by atoms with E-state index in [2.05, 4.69) is 15.9 Å². The Morgan fingerprint density at radius 1 is 0.967 bits per heavy atom. The van der Waals surface area contributed by atoms with Crippen molar-refractivity contribution in [2.24, 2.45) is 0 Å². The smallest absolute Gasteiger partial charge is 0.232 e. The van der Waals surface area contributed by atoms with Gasteiger partial charge in [-0.2, -0.15) is 0 Å². The second-order valence-electron chi connectivity index (χ2n) is 6.97. The van der Waals surface area contributed by atoms with Crippen molar-refractivity contribution in [3.63, 3.8) is 0 Å². The molecule has 0 saturated heterocycles. The van der Waals surface area contributed by atoms with E-state index in [1.807, 2.05) is 68.4 Å². The van der Waals surface area contributed by atoms with Crippen molar-refractivity contribution in [3.8, 4) is 17.2 Å². The molecule has 4 nitrogen and oxygen atoms in total. The molecule has 1 heterocycles. The normalized spacial score (nSPS) is 13.8. The van der Waals surface area contributed by atoms with Crippen LogP contribution in [0.15, 0.2) is 70.9 Å². The van der Waals surface area contributed by atoms with Gasteiger partial charge in [0.25, 0.3) is 0 Å². The van der Waals surface area contributed by atoms with Crippen LogP contribution in [-0.2, 0) is 6.61 Å². The number of ketones is 1. The lowest BCUT2D eigenvalue weighted by Gasteiger charge is -2.09. The molecule has 3 aromatic carbocycles. The first-order valence-corrected chi connectivity index (χ1v) is 10.5. The highest BCUT2D eigenvalue weighted by Gasteiger charge is 2.30. The van der Waals surface area contributed by atoms with Gasteiger partial charge in [-0.3, -0.25) is 4.79 Å². The molecule has 0 spiro atoms. The van der Waals surface area contributed by atoms with Crippen LogP contribution < -0.4 is 14.2 Å². The summed E-state index contributed by atoms with van der Waals surface area (Å²) in [4.78, 5) is 12.9. The number of Topliss-reactive ketones (excluding diaryl/α,β-unsaturated/α-hetero) is 1. The zero-order valence-electron chi connectivity index (χ0n) is 16.8. The number of hydrogen-bond acceptors (Lipinski definition) is 4. The maximum atomic E-state index is 12.9. The monoisotopic (exact) mass is 464 g/mol. The third kappa shape index (κ3) is 4.41. The van der Waals surface area contributed by atoms with Crippen molar-refractivity contribution in [3.05, 3.63) is 93.1 Å². The van der Waals surface area contributed by atoms with Crippen molar-refractivity contribution in [2.45, 2.75) is 20.5 Å². The fourth-order valence-electron chi connectivity index (χ4n) is 3.29. The van der Waals surface area contributed by atoms with Crippen LogP contribution in [0.25, 0.3) is 6.08 Å². The predicted octanol–water partition coefficient (Wildman–Crippen LogP) is 6.35. The van der Waals surface area contributed by atoms with E-state index < -0.39 is 0 Å². The van der Waals surface area contributed by atoms with Crippen LogP contribution in [0.1, 0.15) is 34.0 Å². The summed E-state index contributed by atoms with van der Waals surface area (Å²) in [6, 6.07) is 19.2. The van der Waals surface area contributed by atoms with Crippen molar-refractivity contribution >= 4 is 27.8 Å². The number of fused-ring (bicyclic) bond motifs is 1. The molecule has 0 atom stereocenters. The van der Waals surface area contributed by atoms with Crippen LogP contribution in [0.5, 0.6) is 17.2 Å². The Balaban J connectivity index is 1.52. The van der Waals surface area contributed by atoms with Gasteiger partial charge in [-0.25, -0.2) is 0 Å². The highest BCUT2D eigenvalue weighted by atomic mass is 79.9. The van der Waals surface area contributed by atoms with Gasteiger partial charge in [-0.05, 0) is 66.9 Å². The second kappa shape index (κ2) is 8.76. The van der Waals surface area contributed by atoms with Gasteiger partial charge in [0.2, 0.25) is 5.78 Å². The SMILES string of the molecule is CCOc1ccc(/C=C2\Oc3cc(OCc4ccc(Br)cc4)cc(C)c3C2=O)cc1. The van der Waals surface area contributed by atoms with Crippen LogP contribution >= 0.6 is 15.9 Å². The molecule has 0 radical (unpaired) electrons. The van der Waals surface area contributed by atoms with Gasteiger partial charge in [-0.1, -0.05) is 40.2 Å². The molecule has 3 aromatic rings. The highest BCUT2D eigenvalue weighted by Crippen LogP contribution is 2.37. The van der Waals surface area contributed by atoms with Gasteiger partial charge in [0.05, 0.1) is 12.2 Å². The number of halogens is 1. The number of benzene rings is 3. The maximum Gasteiger partial charge on any atom is 0.232 e. The third-order valence-corrected chi connectivity index (χ3v) is 5.28. The molecule has 30 heavy (non-hydrogen) atoms. The van der Waals surface area contributed by atoms with Crippen molar-refractivity contribution < 1.29 is 19.0 Å². The minimum atomic E-state index is -0.115. The molecule has 0 unspecified atom stereocenters. The largest absolute Gasteiger partial charge is 0.494 e. The van der Waals surface area contributed by atoms with Crippen LogP contribution in [0.3, 0.4) is 0 Å². The lowest BCUT2D eigenvalue weighted by atomic mass is 10.0. The fraction of sp³-hybridized carbons (Fsp3) is 0.160. The fourth-order valence-corrected chi connectivity index (χ4v) is 3.55. The van der Waals surface area contributed by atoms with Crippen molar-refractivity contribution in [1.29, 1.82) is 0 Å². The van der Waals surface area contributed by atoms with Crippen molar-refractivity contribution in [2.75, 3.05) is 6.61 Å². The molecule has 152 valence electrons. The Morgan fingerprint density at radius 2 is 1.70 bits per heavy atom. The van der Waals surface area contributed by atoms with E-state index in [0.29, 0.717) is 36.0 Å². The quantitative estimate of drug-likeness (QED) is 0.398. The molecule has 0 N–H and O–H groups in total. The van der Waals surface area contributed by atoms with E-state index >= 15 is 0 Å². The van der Waals surface area contributed by atoms with Crippen LogP contribution in [-0.4, -0.2) is 12.4 Å². The summed E-state index contributed by atoms with van der Waals surface area (Å²) in [5.41, 5.74) is 3.35. The summed E-state index contributed by atoms with van der Waals surface area (Å²) in [7, 11) is 0. The van der Waals surface area contributed by atoms with Gasteiger partial charge >= 0.3 is 0 Å². The van der Waals surface area contributed by atoms with Gasteiger partial charge < -0.3 is 14.2 Å². The Hall–Kier alpha value is -3.05. The topological polar surface area (TPSA) is 44.8 Å². The molecule has 0 aromatic heterocycles. The average molecular weight is 465 g/mol. The van der Waals surface area contributed by atoms with E-state index in [9.17, 15) is 4.79 Å². The molecule has 4 rings (SSSR count). The molecule has 0 fully saturated rings. The first-order chi connectivity index (χ1) is 14.5. The van der Waals surface area contributed by atoms with Crippen molar-refractivity contribution in [1.82, 2.24) is 0 Å². The zero-order valence-corrected chi connectivity index (χ0v) is 18.4. The first-order valence-electron chi connectivity index (χ1n) is 9.72. The summed E-state index contributed by atoms with van der Waals surface area (Å²) >= 11 is 3.43. The van der Waals surface area contributed by atoms with E-state index in [1.54, 1.807) is 12.1 Å². The minimum absolute atomic E-state index is 0.115. The summed E-state index contributed by atoms with van der Waals surface area (Å²) in [6.45, 7) is 4.89.